The van der Waals surface area contributed by atoms with Crippen molar-refractivity contribution in [2.45, 2.75) is 53.7 Å². The van der Waals surface area contributed by atoms with E-state index in [1.54, 1.807) is 0 Å². The topological polar surface area (TPSA) is 27.1 Å². The SMILES string of the molecule is CCn1nc(C)c(Br)c1COCCCC(C)C. The molecule has 0 bridgehead atoms. The first-order chi connectivity index (χ1) is 8.06. The van der Waals surface area contributed by atoms with Gasteiger partial charge in [0.1, 0.15) is 0 Å². The first-order valence-corrected chi connectivity index (χ1v) is 7.15. The Hall–Kier alpha value is -0.350. The van der Waals surface area contributed by atoms with Crippen molar-refractivity contribution in [2.24, 2.45) is 5.92 Å². The van der Waals surface area contributed by atoms with E-state index >= 15 is 0 Å². The summed E-state index contributed by atoms with van der Waals surface area (Å²) in [6.45, 7) is 11.0. The molecule has 0 aromatic carbocycles. The zero-order valence-corrected chi connectivity index (χ0v) is 12.9. The molecular formula is C13H23BrN2O. The van der Waals surface area contributed by atoms with Crippen LogP contribution in [0.5, 0.6) is 0 Å². The van der Waals surface area contributed by atoms with Crippen molar-refractivity contribution >= 4 is 15.9 Å². The Balaban J connectivity index is 2.41. The minimum Gasteiger partial charge on any atom is -0.375 e. The fourth-order valence-corrected chi connectivity index (χ4v) is 2.17. The molecule has 1 heterocycles. The number of halogens is 1. The van der Waals surface area contributed by atoms with Gasteiger partial charge in [-0.3, -0.25) is 4.68 Å². The second-order valence-electron chi connectivity index (χ2n) is 4.75. The average Bonchev–Trinajstić information content (AvgIpc) is 2.55. The lowest BCUT2D eigenvalue weighted by atomic mass is 10.1. The smallest absolute Gasteiger partial charge is 0.0896 e. The summed E-state index contributed by atoms with van der Waals surface area (Å²) >= 11 is 3.57. The van der Waals surface area contributed by atoms with Crippen molar-refractivity contribution in [3.8, 4) is 0 Å². The Kier molecular flexibility index (Phi) is 6.20. The van der Waals surface area contributed by atoms with Gasteiger partial charge < -0.3 is 4.74 Å². The van der Waals surface area contributed by atoms with Crippen molar-refractivity contribution in [2.75, 3.05) is 6.61 Å². The van der Waals surface area contributed by atoms with Gasteiger partial charge in [-0.1, -0.05) is 13.8 Å². The predicted octanol–water partition coefficient (Wildman–Crippen LogP) is 3.93. The summed E-state index contributed by atoms with van der Waals surface area (Å²) in [5, 5.41) is 4.45. The van der Waals surface area contributed by atoms with Gasteiger partial charge in [-0.15, -0.1) is 0 Å². The first-order valence-electron chi connectivity index (χ1n) is 6.35. The number of hydrogen-bond acceptors (Lipinski definition) is 2. The second kappa shape index (κ2) is 7.17. The number of nitrogens with zero attached hydrogens (tertiary/aromatic N) is 2. The molecule has 0 N–H and O–H groups in total. The molecule has 0 amide bonds. The van der Waals surface area contributed by atoms with Crippen LogP contribution in [0.25, 0.3) is 0 Å². The van der Waals surface area contributed by atoms with Gasteiger partial charge in [-0.05, 0) is 48.5 Å². The summed E-state index contributed by atoms with van der Waals surface area (Å²) in [4.78, 5) is 0. The molecule has 0 atom stereocenters. The summed E-state index contributed by atoms with van der Waals surface area (Å²) in [6, 6.07) is 0. The maximum absolute atomic E-state index is 5.72. The van der Waals surface area contributed by atoms with Crippen LogP contribution < -0.4 is 0 Å². The predicted molar refractivity (Wildman–Crippen MR) is 74.1 cm³/mol. The normalized spacial score (nSPS) is 11.4. The fourth-order valence-electron chi connectivity index (χ4n) is 1.77. The monoisotopic (exact) mass is 302 g/mol. The van der Waals surface area contributed by atoms with E-state index in [0.717, 1.165) is 41.4 Å². The van der Waals surface area contributed by atoms with Crippen LogP contribution in [0, 0.1) is 12.8 Å². The van der Waals surface area contributed by atoms with Crippen LogP contribution in [0.1, 0.15) is 45.0 Å². The Bertz CT molecular complexity index is 347. The highest BCUT2D eigenvalue weighted by Crippen LogP contribution is 2.21. The van der Waals surface area contributed by atoms with Crippen LogP contribution in [0.2, 0.25) is 0 Å². The van der Waals surface area contributed by atoms with E-state index in [2.05, 4.69) is 41.8 Å². The van der Waals surface area contributed by atoms with Crippen LogP contribution in [-0.4, -0.2) is 16.4 Å². The van der Waals surface area contributed by atoms with Gasteiger partial charge in [0.25, 0.3) is 0 Å². The van der Waals surface area contributed by atoms with Gasteiger partial charge in [-0.25, -0.2) is 0 Å². The van der Waals surface area contributed by atoms with Gasteiger partial charge in [-0.2, -0.15) is 5.10 Å². The summed E-state index contributed by atoms with van der Waals surface area (Å²) in [7, 11) is 0. The van der Waals surface area contributed by atoms with Crippen molar-refractivity contribution in [1.82, 2.24) is 9.78 Å². The summed E-state index contributed by atoms with van der Waals surface area (Å²) in [6.07, 6.45) is 2.36. The number of aromatic nitrogens is 2. The van der Waals surface area contributed by atoms with Crippen molar-refractivity contribution in [3.63, 3.8) is 0 Å². The largest absolute Gasteiger partial charge is 0.375 e. The summed E-state index contributed by atoms with van der Waals surface area (Å²) in [5.74, 6) is 0.758. The first kappa shape index (κ1) is 14.7. The molecule has 0 aliphatic rings. The fraction of sp³-hybridized carbons (Fsp3) is 0.769. The number of aryl methyl sites for hydroxylation is 2. The molecule has 3 nitrogen and oxygen atoms in total. The van der Waals surface area contributed by atoms with E-state index in [1.165, 1.54) is 6.42 Å². The molecule has 0 aliphatic carbocycles. The number of hydrogen-bond donors (Lipinski definition) is 0. The Morgan fingerprint density at radius 3 is 2.71 bits per heavy atom. The lowest BCUT2D eigenvalue weighted by Crippen LogP contribution is -2.06. The molecular weight excluding hydrogens is 280 g/mol. The van der Waals surface area contributed by atoms with Crippen LogP contribution in [-0.2, 0) is 17.9 Å². The lowest BCUT2D eigenvalue weighted by molar-refractivity contribution is 0.109. The third-order valence-corrected chi connectivity index (χ3v) is 3.79. The molecule has 0 spiro atoms. The molecule has 0 saturated carbocycles. The van der Waals surface area contributed by atoms with Gasteiger partial charge in [0.15, 0.2) is 0 Å². The van der Waals surface area contributed by atoms with E-state index in [4.69, 9.17) is 4.74 Å². The molecule has 1 aromatic heterocycles. The van der Waals surface area contributed by atoms with Gasteiger partial charge in [0.05, 0.1) is 22.5 Å². The van der Waals surface area contributed by atoms with Crippen molar-refractivity contribution in [1.29, 1.82) is 0 Å². The highest BCUT2D eigenvalue weighted by Gasteiger charge is 2.11. The Labute approximate surface area is 113 Å². The third-order valence-electron chi connectivity index (χ3n) is 2.76. The molecule has 4 heteroatoms. The molecule has 0 unspecified atom stereocenters. The van der Waals surface area contributed by atoms with Gasteiger partial charge >= 0.3 is 0 Å². The minimum atomic E-state index is 0.646. The molecule has 17 heavy (non-hydrogen) atoms. The van der Waals surface area contributed by atoms with E-state index in [0.29, 0.717) is 6.61 Å². The molecule has 0 fully saturated rings. The maximum atomic E-state index is 5.72. The highest BCUT2D eigenvalue weighted by atomic mass is 79.9. The van der Waals surface area contributed by atoms with E-state index < -0.39 is 0 Å². The zero-order valence-electron chi connectivity index (χ0n) is 11.3. The van der Waals surface area contributed by atoms with Crippen LogP contribution in [0.15, 0.2) is 4.47 Å². The Morgan fingerprint density at radius 2 is 2.12 bits per heavy atom. The van der Waals surface area contributed by atoms with Crippen molar-refractivity contribution < 1.29 is 4.74 Å². The maximum Gasteiger partial charge on any atom is 0.0896 e. The molecule has 98 valence electrons. The average molecular weight is 303 g/mol. The van der Waals surface area contributed by atoms with Gasteiger partial charge in [0, 0.05) is 13.2 Å². The molecule has 0 saturated heterocycles. The molecule has 1 aromatic rings. The summed E-state index contributed by atoms with van der Waals surface area (Å²) in [5.41, 5.74) is 2.18. The third kappa shape index (κ3) is 4.43. The van der Waals surface area contributed by atoms with Gasteiger partial charge in [0.2, 0.25) is 0 Å². The van der Waals surface area contributed by atoms with Crippen molar-refractivity contribution in [3.05, 3.63) is 15.9 Å². The molecule has 1 rings (SSSR count). The quantitative estimate of drug-likeness (QED) is 0.714. The zero-order chi connectivity index (χ0) is 12.8. The van der Waals surface area contributed by atoms with Crippen LogP contribution in [0.4, 0.5) is 0 Å². The second-order valence-corrected chi connectivity index (χ2v) is 5.54. The summed E-state index contributed by atoms with van der Waals surface area (Å²) < 4.78 is 8.80. The van der Waals surface area contributed by atoms with Crippen LogP contribution in [0.3, 0.4) is 0 Å². The number of rotatable bonds is 7. The van der Waals surface area contributed by atoms with Crippen LogP contribution >= 0.6 is 15.9 Å². The van der Waals surface area contributed by atoms with E-state index in [1.807, 2.05) is 11.6 Å². The van der Waals surface area contributed by atoms with E-state index in [-0.39, 0.29) is 0 Å². The molecule has 0 aliphatic heterocycles. The number of ether oxygens (including phenoxy) is 1. The highest BCUT2D eigenvalue weighted by molar-refractivity contribution is 9.10. The van der Waals surface area contributed by atoms with E-state index in [9.17, 15) is 0 Å². The lowest BCUT2D eigenvalue weighted by Gasteiger charge is -2.08. The standard InChI is InChI=1S/C13H23BrN2O/c1-5-16-12(13(14)11(4)15-16)9-17-8-6-7-10(2)3/h10H,5-9H2,1-4H3. The Morgan fingerprint density at radius 1 is 1.41 bits per heavy atom. The molecule has 0 radical (unpaired) electrons. The minimum absolute atomic E-state index is 0.646.